The number of hydrogen-bond acceptors (Lipinski definition) is 3. The summed E-state index contributed by atoms with van der Waals surface area (Å²) in [6, 6.07) is 9.16. The molecule has 20 heavy (non-hydrogen) atoms. The van der Waals surface area contributed by atoms with Crippen LogP contribution in [0.25, 0.3) is 0 Å². The highest BCUT2D eigenvalue weighted by molar-refractivity contribution is 5.78. The number of unbranched alkanes of at least 4 members (excludes halogenated alkanes) is 1. The Labute approximate surface area is 119 Å². The predicted octanol–water partition coefficient (Wildman–Crippen LogP) is 1.49. The zero-order chi connectivity index (χ0) is 14.6. The van der Waals surface area contributed by atoms with E-state index < -0.39 is 0 Å². The van der Waals surface area contributed by atoms with Crippen molar-refractivity contribution in [3.05, 3.63) is 30.3 Å². The minimum atomic E-state index is -0.198. The first kappa shape index (κ1) is 16.0. The third kappa shape index (κ3) is 7.41. The summed E-state index contributed by atoms with van der Waals surface area (Å²) in [5.41, 5.74) is 0. The van der Waals surface area contributed by atoms with E-state index in [1.165, 1.54) is 0 Å². The molecule has 110 valence electrons. The molecule has 0 spiro atoms. The summed E-state index contributed by atoms with van der Waals surface area (Å²) in [6.07, 6.45) is 2.44. The van der Waals surface area contributed by atoms with Gasteiger partial charge in [-0.2, -0.15) is 0 Å². The fourth-order valence-corrected chi connectivity index (χ4v) is 1.55. The zero-order valence-corrected chi connectivity index (χ0v) is 11.9. The second-order valence-electron chi connectivity index (χ2n) is 4.41. The van der Waals surface area contributed by atoms with Crippen LogP contribution in [0.2, 0.25) is 0 Å². The molecule has 0 fully saturated rings. The quantitative estimate of drug-likeness (QED) is 0.672. The van der Waals surface area contributed by atoms with Gasteiger partial charge in [-0.25, -0.2) is 0 Å². The van der Waals surface area contributed by atoms with Crippen LogP contribution < -0.4 is 15.4 Å². The van der Waals surface area contributed by atoms with Crippen molar-refractivity contribution in [2.24, 2.45) is 0 Å². The lowest BCUT2D eigenvalue weighted by atomic mass is 10.2. The van der Waals surface area contributed by atoms with E-state index in [0.29, 0.717) is 25.3 Å². The highest BCUT2D eigenvalue weighted by Crippen LogP contribution is 2.07. The van der Waals surface area contributed by atoms with Gasteiger partial charge in [-0.1, -0.05) is 31.5 Å². The molecule has 2 N–H and O–H groups in total. The van der Waals surface area contributed by atoms with Crippen LogP contribution in [0.4, 0.5) is 0 Å². The maximum Gasteiger partial charge on any atom is 0.258 e. The molecule has 0 aliphatic heterocycles. The van der Waals surface area contributed by atoms with Gasteiger partial charge in [0.05, 0.1) is 0 Å². The van der Waals surface area contributed by atoms with Gasteiger partial charge in [0, 0.05) is 19.5 Å². The molecule has 5 nitrogen and oxygen atoms in total. The smallest absolute Gasteiger partial charge is 0.258 e. The normalized spacial score (nSPS) is 9.85. The van der Waals surface area contributed by atoms with Crippen LogP contribution in [0, 0.1) is 0 Å². The highest BCUT2D eigenvalue weighted by Gasteiger charge is 2.03. The Balaban J connectivity index is 2.04. The third-order valence-electron chi connectivity index (χ3n) is 2.64. The van der Waals surface area contributed by atoms with Gasteiger partial charge >= 0.3 is 0 Å². The molecule has 1 aromatic rings. The minimum Gasteiger partial charge on any atom is -0.484 e. The van der Waals surface area contributed by atoms with Crippen LogP contribution in [0.5, 0.6) is 5.75 Å². The SMILES string of the molecule is CCCCC(=O)NCCNC(=O)COc1ccccc1. The van der Waals surface area contributed by atoms with E-state index in [-0.39, 0.29) is 18.4 Å². The molecule has 5 heteroatoms. The van der Waals surface area contributed by atoms with Crippen molar-refractivity contribution in [1.82, 2.24) is 10.6 Å². The van der Waals surface area contributed by atoms with Crippen molar-refractivity contribution < 1.29 is 14.3 Å². The van der Waals surface area contributed by atoms with Gasteiger partial charge in [0.2, 0.25) is 5.91 Å². The molecule has 1 aromatic carbocycles. The molecule has 0 aliphatic carbocycles. The molecular formula is C15H22N2O3. The number of hydrogen-bond donors (Lipinski definition) is 2. The Bertz CT molecular complexity index is 407. The van der Waals surface area contributed by atoms with Gasteiger partial charge in [0.25, 0.3) is 5.91 Å². The van der Waals surface area contributed by atoms with Crippen molar-refractivity contribution in [3.63, 3.8) is 0 Å². The molecular weight excluding hydrogens is 256 g/mol. The van der Waals surface area contributed by atoms with Crippen LogP contribution >= 0.6 is 0 Å². The van der Waals surface area contributed by atoms with Gasteiger partial charge in [-0.05, 0) is 18.6 Å². The van der Waals surface area contributed by atoms with Crippen LogP contribution in [0.15, 0.2) is 30.3 Å². The number of ether oxygens (including phenoxy) is 1. The van der Waals surface area contributed by atoms with Crippen molar-refractivity contribution in [3.8, 4) is 5.75 Å². The van der Waals surface area contributed by atoms with E-state index in [1.807, 2.05) is 25.1 Å². The summed E-state index contributed by atoms with van der Waals surface area (Å²) in [5.74, 6) is 0.494. The summed E-state index contributed by atoms with van der Waals surface area (Å²) in [7, 11) is 0. The highest BCUT2D eigenvalue weighted by atomic mass is 16.5. The van der Waals surface area contributed by atoms with E-state index in [0.717, 1.165) is 12.8 Å². The lowest BCUT2D eigenvalue weighted by Crippen LogP contribution is -2.36. The Morgan fingerprint density at radius 3 is 2.35 bits per heavy atom. The fraction of sp³-hybridized carbons (Fsp3) is 0.467. The molecule has 0 atom stereocenters. The second-order valence-corrected chi connectivity index (χ2v) is 4.41. The Hall–Kier alpha value is -2.04. The summed E-state index contributed by atoms with van der Waals surface area (Å²) in [4.78, 5) is 22.8. The zero-order valence-electron chi connectivity index (χ0n) is 11.9. The molecule has 0 aliphatic rings. The number of para-hydroxylation sites is 1. The fourth-order valence-electron chi connectivity index (χ4n) is 1.55. The lowest BCUT2D eigenvalue weighted by molar-refractivity contribution is -0.124. The van der Waals surface area contributed by atoms with E-state index in [2.05, 4.69) is 10.6 Å². The molecule has 0 radical (unpaired) electrons. The van der Waals surface area contributed by atoms with Gasteiger partial charge < -0.3 is 15.4 Å². The molecule has 0 unspecified atom stereocenters. The third-order valence-corrected chi connectivity index (χ3v) is 2.64. The molecule has 0 saturated carbocycles. The summed E-state index contributed by atoms with van der Waals surface area (Å²) >= 11 is 0. The topological polar surface area (TPSA) is 67.4 Å². The Kier molecular flexibility index (Phi) is 7.87. The number of benzene rings is 1. The Morgan fingerprint density at radius 1 is 1.05 bits per heavy atom. The first-order chi connectivity index (χ1) is 9.72. The minimum absolute atomic E-state index is 0.0200. The van der Waals surface area contributed by atoms with Crippen molar-refractivity contribution in [1.29, 1.82) is 0 Å². The van der Waals surface area contributed by atoms with Gasteiger partial charge in [-0.15, -0.1) is 0 Å². The maximum atomic E-state index is 11.5. The number of carbonyl (C=O) groups is 2. The molecule has 0 bridgehead atoms. The number of rotatable bonds is 9. The molecule has 0 aromatic heterocycles. The molecule has 1 rings (SSSR count). The van der Waals surface area contributed by atoms with Crippen LogP contribution in [0.3, 0.4) is 0 Å². The summed E-state index contributed by atoms with van der Waals surface area (Å²) < 4.78 is 5.30. The monoisotopic (exact) mass is 278 g/mol. The summed E-state index contributed by atoms with van der Waals surface area (Å²) in [6.45, 7) is 2.88. The standard InChI is InChI=1S/C15H22N2O3/c1-2-3-9-14(18)16-10-11-17-15(19)12-20-13-7-5-4-6-8-13/h4-8H,2-3,9-12H2,1H3,(H,16,18)(H,17,19). The van der Waals surface area contributed by atoms with E-state index in [9.17, 15) is 9.59 Å². The first-order valence-electron chi connectivity index (χ1n) is 6.93. The average Bonchev–Trinajstić information content (AvgIpc) is 2.48. The number of amides is 2. The van der Waals surface area contributed by atoms with E-state index in [4.69, 9.17) is 4.74 Å². The van der Waals surface area contributed by atoms with Gasteiger partial charge in [-0.3, -0.25) is 9.59 Å². The van der Waals surface area contributed by atoms with Crippen LogP contribution in [0.1, 0.15) is 26.2 Å². The largest absolute Gasteiger partial charge is 0.484 e. The van der Waals surface area contributed by atoms with Gasteiger partial charge in [0.1, 0.15) is 5.75 Å². The van der Waals surface area contributed by atoms with Crippen LogP contribution in [-0.4, -0.2) is 31.5 Å². The molecule has 0 heterocycles. The van der Waals surface area contributed by atoms with Crippen molar-refractivity contribution in [2.45, 2.75) is 26.2 Å². The van der Waals surface area contributed by atoms with Crippen LogP contribution in [-0.2, 0) is 9.59 Å². The molecule has 0 saturated heterocycles. The van der Waals surface area contributed by atoms with Crippen molar-refractivity contribution >= 4 is 11.8 Å². The van der Waals surface area contributed by atoms with E-state index in [1.54, 1.807) is 12.1 Å². The first-order valence-corrected chi connectivity index (χ1v) is 6.93. The Morgan fingerprint density at radius 2 is 1.70 bits per heavy atom. The van der Waals surface area contributed by atoms with Crippen molar-refractivity contribution in [2.75, 3.05) is 19.7 Å². The maximum absolute atomic E-state index is 11.5. The van der Waals surface area contributed by atoms with E-state index >= 15 is 0 Å². The predicted molar refractivity (Wildman–Crippen MR) is 77.5 cm³/mol. The second kappa shape index (κ2) is 9.83. The average molecular weight is 278 g/mol. The number of carbonyl (C=O) groups excluding carboxylic acids is 2. The molecule has 2 amide bonds. The lowest BCUT2D eigenvalue weighted by Gasteiger charge is -2.08. The number of nitrogens with one attached hydrogen (secondary N) is 2. The summed E-state index contributed by atoms with van der Waals surface area (Å²) in [5, 5.41) is 5.44. The van der Waals surface area contributed by atoms with Gasteiger partial charge in [0.15, 0.2) is 6.61 Å².